The largest absolute Gasteiger partial charge is 0.392 e. The van der Waals surface area contributed by atoms with Crippen LogP contribution in [0.1, 0.15) is 311 Å². The number of nitrogens with zero attached hydrogens (tertiary/aromatic N) is 5. The van der Waals surface area contributed by atoms with Crippen LogP contribution in [0, 0.1) is 0 Å². The molecule has 1 fully saturated rings. The highest BCUT2D eigenvalue weighted by atomic mass is 16.3. The van der Waals surface area contributed by atoms with Crippen LogP contribution < -0.4 is 0 Å². The van der Waals surface area contributed by atoms with Crippen molar-refractivity contribution in [3.8, 4) is 0 Å². The molecule has 0 aromatic heterocycles. The molecular weight excluding hydrogens is 991 g/mol. The summed E-state index contributed by atoms with van der Waals surface area (Å²) in [6.07, 6.45) is 54.7. The Kier molecular flexibility index (Phi) is 56.8. The fourth-order valence-corrected chi connectivity index (χ4v) is 12.1. The zero-order valence-electron chi connectivity index (χ0n) is 54.5. The zero-order chi connectivity index (χ0) is 58.2. The van der Waals surface area contributed by atoms with Crippen LogP contribution in [0.3, 0.4) is 0 Å². The van der Waals surface area contributed by atoms with Crippen LogP contribution in [0.25, 0.3) is 0 Å². The Balaban J connectivity index is 2.96. The summed E-state index contributed by atoms with van der Waals surface area (Å²) in [6.45, 7) is 23.8. The predicted molar refractivity (Wildman–Crippen MR) is 348 cm³/mol. The van der Waals surface area contributed by atoms with E-state index in [1.165, 1.54) is 218 Å². The second-order valence-corrected chi connectivity index (χ2v) is 25.7. The first-order chi connectivity index (χ1) is 39.1. The molecule has 1 aliphatic rings. The lowest BCUT2D eigenvalue weighted by Crippen LogP contribution is -2.51. The topological polar surface area (TPSA) is 117 Å². The molecule has 5 unspecified atom stereocenters. The smallest absolute Gasteiger partial charge is 0.0847 e. The molecule has 1 aliphatic heterocycles. The maximum atomic E-state index is 11.5. The molecule has 1 saturated heterocycles. The molecule has 0 spiro atoms. The molecule has 0 radical (unpaired) electrons. The van der Waals surface area contributed by atoms with E-state index in [-0.39, 0.29) is 18.3 Å². The second-order valence-electron chi connectivity index (χ2n) is 25.7. The first-order valence-corrected chi connectivity index (χ1v) is 35.8. The van der Waals surface area contributed by atoms with Crippen LogP contribution in [0.4, 0.5) is 0 Å². The van der Waals surface area contributed by atoms with Gasteiger partial charge >= 0.3 is 0 Å². The maximum Gasteiger partial charge on any atom is 0.0847 e. The van der Waals surface area contributed by atoms with Crippen LogP contribution in [0.15, 0.2) is 12.2 Å². The van der Waals surface area contributed by atoms with Crippen molar-refractivity contribution in [3.63, 3.8) is 0 Å². The van der Waals surface area contributed by atoms with Gasteiger partial charge in [0.15, 0.2) is 0 Å². The lowest BCUT2D eigenvalue weighted by Gasteiger charge is -2.37. The molecule has 0 amide bonds. The fourth-order valence-electron chi connectivity index (χ4n) is 12.1. The van der Waals surface area contributed by atoms with Crippen molar-refractivity contribution >= 4 is 0 Å². The number of aliphatic hydroxyl groups excluding tert-OH is 5. The van der Waals surface area contributed by atoms with Gasteiger partial charge in [0, 0.05) is 98.2 Å². The van der Waals surface area contributed by atoms with Gasteiger partial charge in [-0.05, 0) is 38.5 Å². The van der Waals surface area contributed by atoms with E-state index in [1.54, 1.807) is 0 Å². The van der Waals surface area contributed by atoms with Gasteiger partial charge in [0.05, 0.1) is 30.5 Å². The Labute approximate surface area is 499 Å². The van der Waals surface area contributed by atoms with E-state index < -0.39 is 12.2 Å². The molecule has 0 bridgehead atoms. The number of allylic oxidation sites excluding steroid dienone is 1. The zero-order valence-corrected chi connectivity index (χ0v) is 54.5. The summed E-state index contributed by atoms with van der Waals surface area (Å²) in [5.74, 6) is 0. The summed E-state index contributed by atoms with van der Waals surface area (Å²) in [5, 5.41) is 56.8. The molecule has 10 heteroatoms. The molecule has 0 aliphatic carbocycles. The number of hydrogen-bond donors (Lipinski definition) is 5. The van der Waals surface area contributed by atoms with Crippen LogP contribution in [-0.2, 0) is 0 Å². The first kappa shape index (κ1) is 77.4. The average molecular weight is 1130 g/mol. The number of aliphatic hydroxyl groups is 5. The van der Waals surface area contributed by atoms with Crippen molar-refractivity contribution in [1.29, 1.82) is 0 Å². The van der Waals surface area contributed by atoms with Crippen molar-refractivity contribution in [2.75, 3.05) is 98.2 Å². The van der Waals surface area contributed by atoms with Crippen LogP contribution in [0.5, 0.6) is 0 Å². The van der Waals surface area contributed by atoms with Gasteiger partial charge in [-0.25, -0.2) is 0 Å². The number of unbranched alkanes of at least 4 members (excludes halogenated alkanes) is 34. The third-order valence-corrected chi connectivity index (χ3v) is 17.6. The minimum absolute atomic E-state index is 0.345. The van der Waals surface area contributed by atoms with Crippen molar-refractivity contribution in [1.82, 2.24) is 24.5 Å². The van der Waals surface area contributed by atoms with Crippen molar-refractivity contribution in [3.05, 3.63) is 12.2 Å². The normalized spacial score (nSPS) is 15.8. The summed E-state index contributed by atoms with van der Waals surface area (Å²) >= 11 is 0. The van der Waals surface area contributed by atoms with Crippen LogP contribution in [-0.4, -0.2) is 179 Å². The molecule has 80 heavy (non-hydrogen) atoms. The number of piperazine rings is 1. The monoisotopic (exact) mass is 1130 g/mol. The lowest BCUT2D eigenvalue weighted by atomic mass is 10.0. The van der Waals surface area contributed by atoms with Gasteiger partial charge < -0.3 is 25.5 Å². The Morgan fingerprint density at radius 1 is 0.300 bits per heavy atom. The van der Waals surface area contributed by atoms with Gasteiger partial charge in [-0.1, -0.05) is 284 Å². The van der Waals surface area contributed by atoms with Crippen molar-refractivity contribution in [2.45, 2.75) is 341 Å². The molecule has 478 valence electrons. The molecule has 10 nitrogen and oxygen atoms in total. The Morgan fingerprint density at radius 3 is 0.875 bits per heavy atom. The van der Waals surface area contributed by atoms with E-state index in [0.717, 1.165) is 123 Å². The van der Waals surface area contributed by atoms with Crippen molar-refractivity contribution < 1.29 is 25.5 Å². The SMILES string of the molecule is CCCCCCCC/C=C\C(O)CN(CCN(CCN1CCN(CCN(CC(O)CCCCCCCCCC)CC(O)CCCCCCCCCC)CC1)CC(O)CCCCCCCCCC)CC(O)CCCCCCCCCC. The Hall–Kier alpha value is -0.660. The van der Waals surface area contributed by atoms with Crippen LogP contribution >= 0.6 is 0 Å². The fraction of sp³-hybridized carbons (Fsp3) is 0.971. The highest BCUT2D eigenvalue weighted by Crippen LogP contribution is 2.18. The first-order valence-electron chi connectivity index (χ1n) is 35.8. The Bertz CT molecular complexity index is 1230. The maximum absolute atomic E-state index is 11.5. The third-order valence-electron chi connectivity index (χ3n) is 17.6. The number of rotatable bonds is 63. The Morgan fingerprint density at radius 2 is 0.550 bits per heavy atom. The summed E-state index contributed by atoms with van der Waals surface area (Å²) in [7, 11) is 0. The molecule has 5 N–H and O–H groups in total. The van der Waals surface area contributed by atoms with Gasteiger partial charge in [0.25, 0.3) is 0 Å². The molecule has 1 heterocycles. The predicted octanol–water partition coefficient (Wildman–Crippen LogP) is 15.7. The van der Waals surface area contributed by atoms with E-state index in [9.17, 15) is 25.5 Å². The molecule has 0 aromatic carbocycles. The van der Waals surface area contributed by atoms with Gasteiger partial charge in [0.1, 0.15) is 0 Å². The molecule has 0 saturated carbocycles. The average Bonchev–Trinajstić information content (AvgIpc) is 3.45. The lowest BCUT2D eigenvalue weighted by molar-refractivity contribution is 0.0458. The number of hydrogen-bond acceptors (Lipinski definition) is 10. The standard InChI is InChI=1S/C70H143N5O5/c1-6-11-16-21-26-31-36-41-46-66(76)61-73(58-60-75(64-69(79)49-44-39-34-29-24-19-14-9-4)65-70(80)50-45-40-35-30-25-20-15-10-5)57-55-71-51-53-72(54-52-71)56-59-74(62-67(77)47-42-37-32-27-22-17-12-7-2)63-68(78)48-43-38-33-28-23-18-13-8-3/h44,49,66-70,76-80H,6-43,45-48,50-65H2,1-5H3/b49-44-. The molecule has 0 aromatic rings. The van der Waals surface area contributed by atoms with Crippen LogP contribution in [0.2, 0.25) is 0 Å². The van der Waals surface area contributed by atoms with E-state index in [2.05, 4.69) is 65.2 Å². The molecule has 1 rings (SSSR count). The van der Waals surface area contributed by atoms with Gasteiger partial charge in [-0.3, -0.25) is 24.5 Å². The third kappa shape index (κ3) is 50.6. The van der Waals surface area contributed by atoms with E-state index >= 15 is 0 Å². The van der Waals surface area contributed by atoms with Gasteiger partial charge in [-0.15, -0.1) is 0 Å². The minimum Gasteiger partial charge on any atom is -0.392 e. The second kappa shape index (κ2) is 58.7. The summed E-state index contributed by atoms with van der Waals surface area (Å²) in [5.41, 5.74) is 0. The van der Waals surface area contributed by atoms with Crippen molar-refractivity contribution in [2.24, 2.45) is 0 Å². The quantitative estimate of drug-likeness (QED) is 0.0298. The molecular formula is C70H143N5O5. The summed E-state index contributed by atoms with van der Waals surface area (Å²) < 4.78 is 0. The molecule has 5 atom stereocenters. The highest BCUT2D eigenvalue weighted by molar-refractivity contribution is 4.91. The highest BCUT2D eigenvalue weighted by Gasteiger charge is 2.23. The van der Waals surface area contributed by atoms with Gasteiger partial charge in [0.2, 0.25) is 0 Å². The van der Waals surface area contributed by atoms with E-state index in [1.807, 2.05) is 6.08 Å². The van der Waals surface area contributed by atoms with E-state index in [0.29, 0.717) is 32.7 Å². The summed E-state index contributed by atoms with van der Waals surface area (Å²) in [4.78, 5) is 12.4. The van der Waals surface area contributed by atoms with Gasteiger partial charge in [-0.2, -0.15) is 0 Å². The summed E-state index contributed by atoms with van der Waals surface area (Å²) in [6, 6.07) is 0. The van der Waals surface area contributed by atoms with E-state index in [4.69, 9.17) is 0 Å². The minimum atomic E-state index is -0.565.